The van der Waals surface area contributed by atoms with Crippen LogP contribution in [0.25, 0.3) is 119 Å². The molecule has 0 saturated heterocycles. The second kappa shape index (κ2) is 15.2. The highest BCUT2D eigenvalue weighted by Crippen LogP contribution is 2.44. The minimum absolute atomic E-state index is 0.00819. The van der Waals surface area contributed by atoms with E-state index in [1.54, 1.807) is 23.5 Å². The third kappa shape index (κ3) is 6.47. The second-order valence-electron chi connectivity index (χ2n) is 15.0. The molecule has 0 aliphatic rings. The molecule has 0 spiro atoms. The molecular formula is C57H35N3S2. The molecule has 0 aliphatic carbocycles. The molecule has 3 nitrogen and oxygen atoms in total. The normalized spacial score (nSPS) is 12.9. The van der Waals surface area contributed by atoms with E-state index in [-0.39, 0.29) is 58.6 Å². The minimum atomic E-state index is -0.269. The summed E-state index contributed by atoms with van der Waals surface area (Å²) in [5, 5.41) is 2.95. The van der Waals surface area contributed by atoms with Crippen LogP contribution in [0, 0.1) is 0 Å². The number of hydrogen-bond donors (Lipinski definition) is 0. The molecule has 290 valence electrons. The minimum Gasteiger partial charge on any atom is -0.208 e. The molecule has 0 bridgehead atoms. The van der Waals surface area contributed by atoms with E-state index in [9.17, 15) is 5.48 Å². The Balaban J connectivity index is 1.01. The van der Waals surface area contributed by atoms with Gasteiger partial charge in [0.15, 0.2) is 17.5 Å². The van der Waals surface area contributed by atoms with Crippen LogP contribution in [-0.4, -0.2) is 15.0 Å². The Morgan fingerprint density at radius 3 is 1.32 bits per heavy atom. The van der Waals surface area contributed by atoms with E-state index in [4.69, 9.17) is 17.7 Å². The van der Waals surface area contributed by atoms with Crippen molar-refractivity contribution in [2.45, 2.75) is 0 Å². The second-order valence-corrected chi connectivity index (χ2v) is 17.1. The van der Waals surface area contributed by atoms with Crippen LogP contribution in [-0.2, 0) is 0 Å². The van der Waals surface area contributed by atoms with Gasteiger partial charge in [0.05, 0.1) is 8.22 Å². The molecule has 62 heavy (non-hydrogen) atoms. The van der Waals surface area contributed by atoms with Crippen LogP contribution in [0.15, 0.2) is 212 Å². The monoisotopic (exact) mass is 831 g/mol. The fourth-order valence-electron chi connectivity index (χ4n) is 8.13. The summed E-state index contributed by atoms with van der Waals surface area (Å²) in [7, 11) is 0. The summed E-state index contributed by atoms with van der Waals surface area (Å²) in [6.45, 7) is 0. The van der Waals surface area contributed by atoms with Crippen molar-refractivity contribution >= 4 is 63.0 Å². The van der Waals surface area contributed by atoms with Gasteiger partial charge in [0, 0.05) is 57.0 Å². The van der Waals surface area contributed by atoms with Gasteiger partial charge in [-0.15, -0.1) is 22.7 Å². The first kappa shape index (κ1) is 30.5. The largest absolute Gasteiger partial charge is 0.208 e. The Morgan fingerprint density at radius 2 is 0.742 bits per heavy atom. The molecule has 3 heterocycles. The fourth-order valence-corrected chi connectivity index (χ4v) is 10.5. The Bertz CT molecular complexity index is 3950. The maximum Gasteiger partial charge on any atom is 0.164 e. The lowest BCUT2D eigenvalue weighted by atomic mass is 9.99. The number of hydrogen-bond acceptors (Lipinski definition) is 5. The summed E-state index contributed by atoms with van der Waals surface area (Å²) in [5.74, 6) is 0.746. The standard InChI is InChI=1S/C57H35N3S2/c1-4-12-36(13-5-1)38-22-26-41(27-23-38)55-58-56(60-57(59-55)44-30-32-47-50-34-43(37-14-6-2-7-15-37)31-33-51(50)61-52(47)35-44)42-28-24-40(25-29-42)46-19-11-21-49-48-20-10-18-45(53(48)62-54(46)49)39-16-8-3-9-17-39/h1-35H/i30D,31D,32D,33D,34D,35D. The molecule has 0 radical (unpaired) electrons. The molecule has 0 fully saturated rings. The van der Waals surface area contributed by atoms with Gasteiger partial charge >= 0.3 is 0 Å². The van der Waals surface area contributed by atoms with Gasteiger partial charge in [0.25, 0.3) is 0 Å². The van der Waals surface area contributed by atoms with Crippen LogP contribution in [0.3, 0.4) is 0 Å². The average Bonchev–Trinajstić information content (AvgIpc) is 3.99. The van der Waals surface area contributed by atoms with Crippen LogP contribution >= 0.6 is 22.7 Å². The van der Waals surface area contributed by atoms with E-state index in [0.29, 0.717) is 43.1 Å². The molecule has 0 unspecified atom stereocenters. The SMILES string of the molecule is [2H]c1c(-c2ccccc2)c([2H])c2c(sc3c([2H])c(-c4nc(-c5ccc(-c6ccccc6)cc5)nc(-c5ccc(-c6cccc7c6sc6c(-c8ccccc8)cccc67)cc5)n4)c([2H])c([2H])c32)c1[2H]. The molecule has 0 amide bonds. The van der Waals surface area contributed by atoms with Crippen LogP contribution < -0.4 is 0 Å². The first-order chi connectivity index (χ1) is 33.2. The summed E-state index contributed by atoms with van der Waals surface area (Å²) < 4.78 is 59.0. The van der Waals surface area contributed by atoms with Gasteiger partial charge in [-0.05, 0) is 62.6 Å². The third-order valence-corrected chi connectivity index (χ3v) is 13.6. The number of fused-ring (bicyclic) bond motifs is 6. The summed E-state index contributed by atoms with van der Waals surface area (Å²) in [6.07, 6.45) is 0. The van der Waals surface area contributed by atoms with Crippen molar-refractivity contribution in [2.75, 3.05) is 0 Å². The molecule has 9 aromatic carbocycles. The number of aromatic nitrogens is 3. The van der Waals surface area contributed by atoms with Crippen LogP contribution in [0.1, 0.15) is 8.22 Å². The van der Waals surface area contributed by atoms with Crippen molar-refractivity contribution < 1.29 is 8.22 Å². The number of benzene rings is 9. The van der Waals surface area contributed by atoms with Gasteiger partial charge in [0.2, 0.25) is 0 Å². The predicted octanol–water partition coefficient (Wildman–Crippen LogP) is 16.3. The van der Waals surface area contributed by atoms with Crippen LogP contribution in [0.5, 0.6) is 0 Å². The van der Waals surface area contributed by atoms with Gasteiger partial charge in [-0.2, -0.15) is 0 Å². The van der Waals surface area contributed by atoms with Crippen molar-refractivity contribution in [2.24, 2.45) is 0 Å². The number of rotatable bonds is 7. The molecule has 12 rings (SSSR count). The number of nitrogens with zero attached hydrogens (tertiary/aromatic N) is 3. The van der Waals surface area contributed by atoms with Crippen molar-refractivity contribution in [3.05, 3.63) is 212 Å². The molecule has 5 heteroatoms. The van der Waals surface area contributed by atoms with E-state index >= 15 is 0 Å². The zero-order valence-corrected chi connectivity index (χ0v) is 34.5. The van der Waals surface area contributed by atoms with E-state index in [1.807, 2.05) is 78.9 Å². The highest BCUT2D eigenvalue weighted by molar-refractivity contribution is 7.27. The molecular weight excluding hydrogens is 791 g/mol. The van der Waals surface area contributed by atoms with Gasteiger partial charge in [-0.25, -0.2) is 15.0 Å². The lowest BCUT2D eigenvalue weighted by molar-refractivity contribution is 1.07. The van der Waals surface area contributed by atoms with E-state index in [1.165, 1.54) is 31.3 Å². The Morgan fingerprint density at radius 1 is 0.290 bits per heavy atom. The van der Waals surface area contributed by atoms with E-state index < -0.39 is 0 Å². The smallest absolute Gasteiger partial charge is 0.164 e. The lowest BCUT2D eigenvalue weighted by Crippen LogP contribution is -2.00. The lowest BCUT2D eigenvalue weighted by Gasteiger charge is -2.10. The zero-order valence-electron chi connectivity index (χ0n) is 38.9. The van der Waals surface area contributed by atoms with Gasteiger partial charge in [-0.1, -0.05) is 194 Å². The Hall–Kier alpha value is -7.57. The Kier molecular flexibility index (Phi) is 7.45. The quantitative estimate of drug-likeness (QED) is 0.161. The maximum atomic E-state index is 9.66. The highest BCUT2D eigenvalue weighted by atomic mass is 32.1. The first-order valence-corrected chi connectivity index (χ1v) is 21.9. The summed E-state index contributed by atoms with van der Waals surface area (Å²) in [4.78, 5) is 14.9. The van der Waals surface area contributed by atoms with Gasteiger partial charge < -0.3 is 0 Å². The maximum absolute atomic E-state index is 9.66. The molecule has 3 aromatic heterocycles. The topological polar surface area (TPSA) is 38.7 Å². The van der Waals surface area contributed by atoms with Crippen molar-refractivity contribution in [1.29, 1.82) is 0 Å². The number of thiophene rings is 2. The van der Waals surface area contributed by atoms with Crippen LogP contribution in [0.2, 0.25) is 0 Å². The van der Waals surface area contributed by atoms with Crippen LogP contribution in [0.4, 0.5) is 0 Å². The highest BCUT2D eigenvalue weighted by Gasteiger charge is 2.17. The van der Waals surface area contributed by atoms with Crippen molar-refractivity contribution in [1.82, 2.24) is 15.0 Å². The van der Waals surface area contributed by atoms with Crippen molar-refractivity contribution in [3.63, 3.8) is 0 Å². The average molecular weight is 832 g/mol. The van der Waals surface area contributed by atoms with E-state index in [2.05, 4.69) is 84.9 Å². The first-order valence-electron chi connectivity index (χ1n) is 23.3. The predicted molar refractivity (Wildman–Crippen MR) is 264 cm³/mol. The van der Waals surface area contributed by atoms with Gasteiger partial charge in [-0.3, -0.25) is 0 Å². The molecule has 12 aromatic rings. The molecule has 0 saturated carbocycles. The summed E-state index contributed by atoms with van der Waals surface area (Å²) >= 11 is 2.89. The third-order valence-electron chi connectivity index (χ3n) is 11.2. The van der Waals surface area contributed by atoms with Gasteiger partial charge in [0.1, 0.15) is 0 Å². The van der Waals surface area contributed by atoms with Crippen molar-refractivity contribution in [3.8, 4) is 78.7 Å². The summed E-state index contributed by atoms with van der Waals surface area (Å²) in [6, 6.07) is 57.9. The summed E-state index contributed by atoms with van der Waals surface area (Å²) in [5.41, 5.74) is 8.97. The molecule has 0 aliphatic heterocycles. The zero-order chi connectivity index (χ0) is 46.2. The molecule has 0 atom stereocenters. The Labute approximate surface area is 375 Å². The molecule has 0 N–H and O–H groups in total. The fraction of sp³-hybridized carbons (Fsp3) is 0. The van der Waals surface area contributed by atoms with E-state index in [0.717, 1.165) is 33.6 Å².